The molecule has 0 fully saturated rings. The Morgan fingerprint density at radius 1 is 0.900 bits per heavy atom. The van der Waals surface area contributed by atoms with E-state index in [0.29, 0.717) is 17.7 Å². The molecule has 30 heavy (non-hydrogen) atoms. The van der Waals surface area contributed by atoms with Crippen molar-refractivity contribution in [1.29, 1.82) is 0 Å². The fourth-order valence-corrected chi connectivity index (χ4v) is 2.45. The number of halogens is 3. The van der Waals surface area contributed by atoms with Crippen molar-refractivity contribution in [1.82, 2.24) is 5.32 Å². The van der Waals surface area contributed by atoms with Crippen molar-refractivity contribution in [2.24, 2.45) is 0 Å². The molecule has 0 aliphatic carbocycles. The zero-order valence-electron chi connectivity index (χ0n) is 17.0. The molecule has 2 rings (SSSR count). The third-order valence-corrected chi connectivity index (χ3v) is 3.93. The molecule has 0 radical (unpaired) electrons. The molecule has 8 heteroatoms. The highest BCUT2D eigenvalue weighted by molar-refractivity contribution is 5.76. The number of hydrogen-bond acceptors (Lipinski definition) is 4. The van der Waals surface area contributed by atoms with E-state index in [-0.39, 0.29) is 18.9 Å². The molecule has 2 aromatic carbocycles. The molecule has 0 saturated carbocycles. The van der Waals surface area contributed by atoms with Crippen LogP contribution in [0.2, 0.25) is 0 Å². The number of carbonyl (C=O) groups is 2. The lowest BCUT2D eigenvalue weighted by molar-refractivity contribution is -0.137. The smallest absolute Gasteiger partial charge is 0.428 e. The van der Waals surface area contributed by atoms with Crippen LogP contribution >= 0.6 is 0 Å². The van der Waals surface area contributed by atoms with E-state index in [4.69, 9.17) is 9.47 Å². The van der Waals surface area contributed by atoms with Gasteiger partial charge in [0.25, 0.3) is 0 Å². The quantitative estimate of drug-likeness (QED) is 0.508. The van der Waals surface area contributed by atoms with E-state index in [2.05, 4.69) is 5.32 Å². The van der Waals surface area contributed by atoms with Crippen LogP contribution in [0.5, 0.6) is 5.75 Å². The van der Waals surface area contributed by atoms with Crippen molar-refractivity contribution in [3.05, 3.63) is 65.2 Å². The number of nitrogens with one attached hydrogen (secondary N) is 1. The summed E-state index contributed by atoms with van der Waals surface area (Å²) in [4.78, 5) is 23.6. The molecule has 5 nitrogen and oxygen atoms in total. The van der Waals surface area contributed by atoms with Crippen molar-refractivity contribution in [3.63, 3.8) is 0 Å². The lowest BCUT2D eigenvalue weighted by Crippen LogP contribution is -2.25. The van der Waals surface area contributed by atoms with Crippen molar-refractivity contribution >= 4 is 12.1 Å². The van der Waals surface area contributed by atoms with Crippen LogP contribution in [0.15, 0.2) is 48.5 Å². The SMILES string of the molecule is CC(C)(C)OC(=O)Oc1ccc(CCC(=O)NCc2ccc(C(F)(F)F)cc2)cc1. The van der Waals surface area contributed by atoms with E-state index >= 15 is 0 Å². The van der Waals surface area contributed by atoms with Crippen LogP contribution in [-0.2, 0) is 28.7 Å². The number of hydrogen-bond donors (Lipinski definition) is 1. The average Bonchev–Trinajstić information content (AvgIpc) is 2.64. The van der Waals surface area contributed by atoms with Crippen LogP contribution in [0.1, 0.15) is 43.9 Å². The maximum atomic E-state index is 12.5. The number of aryl methyl sites for hydroxylation is 1. The predicted octanol–water partition coefficient (Wildman–Crippen LogP) is 5.27. The van der Waals surface area contributed by atoms with Gasteiger partial charge in [-0.1, -0.05) is 24.3 Å². The number of benzene rings is 2. The van der Waals surface area contributed by atoms with Gasteiger partial charge in [-0.15, -0.1) is 0 Å². The summed E-state index contributed by atoms with van der Waals surface area (Å²) in [5.41, 5.74) is 0.0815. The van der Waals surface area contributed by atoms with Crippen LogP contribution in [0.4, 0.5) is 18.0 Å². The molecular weight excluding hydrogens is 399 g/mol. The van der Waals surface area contributed by atoms with Crippen LogP contribution in [0.3, 0.4) is 0 Å². The Morgan fingerprint density at radius 2 is 1.47 bits per heavy atom. The lowest BCUT2D eigenvalue weighted by atomic mass is 10.1. The highest BCUT2D eigenvalue weighted by atomic mass is 19.4. The summed E-state index contributed by atoms with van der Waals surface area (Å²) in [7, 11) is 0. The summed E-state index contributed by atoms with van der Waals surface area (Å²) in [5.74, 6) is 0.115. The lowest BCUT2D eigenvalue weighted by Gasteiger charge is -2.18. The van der Waals surface area contributed by atoms with Crippen LogP contribution in [0.25, 0.3) is 0 Å². The fraction of sp³-hybridized carbons (Fsp3) is 0.364. The van der Waals surface area contributed by atoms with Gasteiger partial charge in [0.15, 0.2) is 0 Å². The van der Waals surface area contributed by atoms with E-state index in [1.807, 2.05) is 0 Å². The van der Waals surface area contributed by atoms with Gasteiger partial charge < -0.3 is 14.8 Å². The topological polar surface area (TPSA) is 64.6 Å². The molecule has 162 valence electrons. The highest BCUT2D eigenvalue weighted by Gasteiger charge is 2.29. The highest BCUT2D eigenvalue weighted by Crippen LogP contribution is 2.29. The maximum absolute atomic E-state index is 12.5. The minimum Gasteiger partial charge on any atom is -0.428 e. The second-order valence-electron chi connectivity index (χ2n) is 7.68. The molecule has 0 atom stereocenters. The first kappa shape index (κ1) is 23.3. The summed E-state index contributed by atoms with van der Waals surface area (Å²) in [6.45, 7) is 5.36. The summed E-state index contributed by atoms with van der Waals surface area (Å²) in [6, 6.07) is 11.4. The first-order valence-electron chi connectivity index (χ1n) is 9.35. The van der Waals surface area contributed by atoms with Gasteiger partial charge in [0.2, 0.25) is 5.91 Å². The van der Waals surface area contributed by atoms with Gasteiger partial charge in [0.1, 0.15) is 11.4 Å². The number of rotatable bonds is 6. The van der Waals surface area contributed by atoms with Gasteiger partial charge >= 0.3 is 12.3 Å². The molecule has 0 bridgehead atoms. The Morgan fingerprint density at radius 3 is 2.00 bits per heavy atom. The molecule has 0 unspecified atom stereocenters. The molecule has 0 aliphatic rings. The third-order valence-electron chi connectivity index (χ3n) is 3.93. The van der Waals surface area contributed by atoms with E-state index in [1.54, 1.807) is 45.0 Å². The van der Waals surface area contributed by atoms with Gasteiger partial charge in [-0.3, -0.25) is 4.79 Å². The van der Waals surface area contributed by atoms with Gasteiger partial charge in [-0.2, -0.15) is 13.2 Å². The summed E-state index contributed by atoms with van der Waals surface area (Å²) in [6.07, 6.45) is -4.49. The first-order chi connectivity index (χ1) is 13.9. The van der Waals surface area contributed by atoms with Crippen molar-refractivity contribution in [3.8, 4) is 5.75 Å². The summed E-state index contributed by atoms with van der Waals surface area (Å²) >= 11 is 0. The van der Waals surface area contributed by atoms with E-state index in [0.717, 1.165) is 17.7 Å². The Kier molecular flexibility index (Phi) is 7.48. The number of ether oxygens (including phenoxy) is 2. The van der Waals surface area contributed by atoms with Gasteiger partial charge in [0.05, 0.1) is 5.56 Å². The summed E-state index contributed by atoms with van der Waals surface area (Å²) < 4.78 is 47.8. The van der Waals surface area contributed by atoms with Crippen LogP contribution in [0, 0.1) is 0 Å². The molecule has 0 aliphatic heterocycles. The van der Waals surface area contributed by atoms with Crippen LogP contribution in [-0.4, -0.2) is 17.7 Å². The van der Waals surface area contributed by atoms with E-state index in [1.165, 1.54) is 12.1 Å². The third kappa shape index (κ3) is 8.14. The van der Waals surface area contributed by atoms with Crippen LogP contribution < -0.4 is 10.1 Å². The Labute approximate surface area is 173 Å². The average molecular weight is 423 g/mol. The normalized spacial score (nSPS) is 11.7. The van der Waals surface area contributed by atoms with E-state index in [9.17, 15) is 22.8 Å². The molecule has 1 N–H and O–H groups in total. The Balaban J connectivity index is 1.76. The Bertz CT molecular complexity index is 854. The van der Waals surface area contributed by atoms with Gasteiger partial charge in [-0.05, 0) is 62.6 Å². The fourth-order valence-electron chi connectivity index (χ4n) is 2.45. The minimum absolute atomic E-state index is 0.152. The zero-order chi connectivity index (χ0) is 22.4. The van der Waals surface area contributed by atoms with Crippen molar-refractivity contribution < 1.29 is 32.2 Å². The molecule has 0 spiro atoms. The van der Waals surface area contributed by atoms with E-state index < -0.39 is 23.5 Å². The number of carbonyl (C=O) groups excluding carboxylic acids is 2. The number of amides is 1. The summed E-state index contributed by atoms with van der Waals surface area (Å²) in [5, 5.41) is 2.68. The zero-order valence-corrected chi connectivity index (χ0v) is 17.0. The Hall–Kier alpha value is -3.03. The second-order valence-corrected chi connectivity index (χ2v) is 7.68. The molecule has 0 saturated heterocycles. The number of alkyl halides is 3. The van der Waals surface area contributed by atoms with Crippen molar-refractivity contribution in [2.75, 3.05) is 0 Å². The molecule has 0 heterocycles. The first-order valence-corrected chi connectivity index (χ1v) is 9.35. The molecule has 2 aromatic rings. The predicted molar refractivity (Wildman–Crippen MR) is 105 cm³/mol. The molecule has 1 amide bonds. The monoisotopic (exact) mass is 423 g/mol. The molecule has 0 aromatic heterocycles. The second kappa shape index (κ2) is 9.65. The minimum atomic E-state index is -4.38. The maximum Gasteiger partial charge on any atom is 0.514 e. The molecular formula is C22H24F3NO4. The van der Waals surface area contributed by atoms with Gasteiger partial charge in [0, 0.05) is 13.0 Å². The van der Waals surface area contributed by atoms with Gasteiger partial charge in [-0.25, -0.2) is 4.79 Å². The standard InChI is InChI=1S/C22H24F3NO4/c1-21(2,3)30-20(28)29-18-11-6-15(7-12-18)8-13-19(27)26-14-16-4-9-17(10-5-16)22(23,24)25/h4-7,9-12H,8,13-14H2,1-3H3,(H,26,27). The largest absolute Gasteiger partial charge is 0.514 e. The van der Waals surface area contributed by atoms with Crippen molar-refractivity contribution in [2.45, 2.75) is 51.9 Å².